The molecule has 1 aliphatic heterocycles. The molecule has 3 aromatic carbocycles. The van der Waals surface area contributed by atoms with Gasteiger partial charge in [-0.1, -0.05) is 68.4 Å². The summed E-state index contributed by atoms with van der Waals surface area (Å²) in [4.78, 5) is 25.3. The third-order valence-electron chi connectivity index (χ3n) is 8.00. The Balaban J connectivity index is 1.51. The van der Waals surface area contributed by atoms with Crippen molar-refractivity contribution in [2.45, 2.75) is 50.3 Å². The normalized spacial score (nSPS) is 18.2. The molecule has 3 aromatic rings. The van der Waals surface area contributed by atoms with E-state index in [0.29, 0.717) is 34.5 Å². The van der Waals surface area contributed by atoms with Crippen molar-refractivity contribution in [2.75, 3.05) is 10.7 Å². The Kier molecular flexibility index (Phi) is 8.78. The van der Waals surface area contributed by atoms with E-state index in [2.05, 4.69) is 15.1 Å². The number of fused-ring (bicyclic) bond motifs is 2. The van der Waals surface area contributed by atoms with Gasteiger partial charge in [-0.2, -0.15) is 21.8 Å². The topological polar surface area (TPSA) is 183 Å². The fourth-order valence-electron chi connectivity index (χ4n) is 5.52. The first-order valence-corrected chi connectivity index (χ1v) is 16.9. The van der Waals surface area contributed by atoms with Crippen molar-refractivity contribution in [1.82, 2.24) is 5.01 Å². The molecule has 14 heteroatoms. The lowest BCUT2D eigenvalue weighted by Crippen LogP contribution is -2.42. The number of hydrogen-bond acceptors (Lipinski definition) is 9. The van der Waals surface area contributed by atoms with Crippen molar-refractivity contribution in [3.05, 3.63) is 95.1 Å². The first-order valence-electron chi connectivity index (χ1n) is 14.4. The number of aliphatic hydroxyl groups excluding tert-OH is 1. The molecule has 46 heavy (non-hydrogen) atoms. The maximum absolute atomic E-state index is 14.1. The number of carbonyl (C=O) groups excluding carboxylic acids is 1. The lowest BCUT2D eigenvalue weighted by molar-refractivity contribution is -0.120. The van der Waals surface area contributed by atoms with Crippen molar-refractivity contribution in [3.63, 3.8) is 0 Å². The number of sulfonamides is 1. The number of anilines is 2. The average Bonchev–Trinajstić information content (AvgIpc) is 3.01. The van der Waals surface area contributed by atoms with E-state index in [4.69, 9.17) is 0 Å². The van der Waals surface area contributed by atoms with Crippen LogP contribution in [0.5, 0.6) is 0 Å². The van der Waals surface area contributed by atoms with Crippen LogP contribution in [0.1, 0.15) is 50.3 Å². The van der Waals surface area contributed by atoms with Crippen LogP contribution in [0.25, 0.3) is 5.76 Å². The molecule has 4 N–H and O–H groups in total. The third kappa shape index (κ3) is 6.13. The van der Waals surface area contributed by atoms with Crippen molar-refractivity contribution in [1.29, 1.82) is 0 Å². The number of aliphatic hydroxyl groups is 1. The minimum atomic E-state index is -4.50. The molecule has 0 saturated heterocycles. The number of hydrazine groups is 1. The fourth-order valence-corrected chi connectivity index (χ4v) is 7.23. The zero-order valence-electron chi connectivity index (χ0n) is 25.2. The summed E-state index contributed by atoms with van der Waals surface area (Å²) >= 11 is 0. The number of ketones is 1. The first kappa shape index (κ1) is 32.4. The van der Waals surface area contributed by atoms with E-state index in [-0.39, 0.29) is 40.0 Å². The number of hydrogen-bond donors (Lipinski definition) is 4. The second kappa shape index (κ2) is 12.4. The number of rotatable bonds is 8. The monoisotopic (exact) mass is 664 g/mol. The lowest BCUT2D eigenvalue weighted by atomic mass is 9.66. The number of carbonyl (C=O) groups is 2. The highest BCUT2D eigenvalue weighted by Gasteiger charge is 2.46. The number of amidine groups is 1. The summed E-state index contributed by atoms with van der Waals surface area (Å²) in [5.41, 5.74) is 2.69. The molecule has 0 spiro atoms. The van der Waals surface area contributed by atoms with E-state index in [9.17, 15) is 36.6 Å². The molecule has 1 unspecified atom stereocenters. The minimum absolute atomic E-state index is 0.0224. The zero-order valence-corrected chi connectivity index (χ0v) is 26.8. The van der Waals surface area contributed by atoms with Gasteiger partial charge in [0.2, 0.25) is 10.3 Å². The maximum atomic E-state index is 14.1. The summed E-state index contributed by atoms with van der Waals surface area (Å²) < 4.78 is 55.0. The van der Waals surface area contributed by atoms with Crippen LogP contribution < -0.4 is 10.7 Å². The van der Waals surface area contributed by atoms with Gasteiger partial charge in [0.25, 0.3) is 10.0 Å². The Bertz CT molecular complexity index is 2050. The standard InChI is InChI=1S/C32H32N4O8S2/c1-19(2)15-16-32(3)23-12-8-7-11-22(23)28(37)27(29(32)38)30-33-24-14-13-21(18-25(24)46(43,44)35-30)34-36(31(39)40)26(45(41)42)17-20-9-5-4-6-10-20/h4-14,18-19,34,37H,15-17H2,1-3H3,(H,33,35)(H,39,40). The van der Waals surface area contributed by atoms with E-state index in [1.807, 2.05) is 13.8 Å². The van der Waals surface area contributed by atoms with E-state index in [0.717, 1.165) is 6.07 Å². The molecule has 0 fully saturated rings. The van der Waals surface area contributed by atoms with E-state index < -0.39 is 48.4 Å². The molecule has 0 radical (unpaired) electrons. The largest absolute Gasteiger partial charge is 0.506 e. The van der Waals surface area contributed by atoms with E-state index in [1.54, 1.807) is 61.5 Å². The Morgan fingerprint density at radius 3 is 2.39 bits per heavy atom. The second-order valence-electron chi connectivity index (χ2n) is 11.6. The van der Waals surface area contributed by atoms with Gasteiger partial charge in [-0.15, -0.1) is 4.40 Å². The van der Waals surface area contributed by atoms with Crippen LogP contribution in [0.15, 0.2) is 87.7 Å². The fraction of sp³-hybridized carbons (Fsp3) is 0.250. The van der Waals surface area contributed by atoms with Crippen LogP contribution in [0.4, 0.5) is 16.2 Å². The van der Waals surface area contributed by atoms with Crippen LogP contribution in [-0.2, 0) is 36.9 Å². The van der Waals surface area contributed by atoms with Crippen LogP contribution in [-0.4, -0.2) is 54.8 Å². The number of Topliss-reactive ketones (excluding diaryl/α,β-unsaturated/α-hetero) is 1. The molecular formula is C32H32N4O8S2. The van der Waals surface area contributed by atoms with Crippen LogP contribution in [0, 0.1) is 5.92 Å². The molecule has 0 bridgehead atoms. The van der Waals surface area contributed by atoms with Gasteiger partial charge in [-0.05, 0) is 55.0 Å². The smallest absolute Gasteiger partial charge is 0.431 e. The Labute approximate surface area is 267 Å². The highest BCUT2D eigenvalue weighted by Crippen LogP contribution is 2.44. The number of carboxylic acid groups (broad SMARTS) is 1. The van der Waals surface area contributed by atoms with Crippen molar-refractivity contribution in [2.24, 2.45) is 10.3 Å². The minimum Gasteiger partial charge on any atom is -0.506 e. The highest BCUT2D eigenvalue weighted by atomic mass is 32.2. The molecule has 5 rings (SSSR count). The van der Waals surface area contributed by atoms with Crippen molar-refractivity contribution in [3.8, 4) is 0 Å². The number of nitrogens with zero attached hydrogens (tertiary/aromatic N) is 2. The van der Waals surface area contributed by atoms with Crippen LogP contribution >= 0.6 is 0 Å². The first-order chi connectivity index (χ1) is 21.7. The van der Waals surface area contributed by atoms with Gasteiger partial charge in [-0.3, -0.25) is 10.2 Å². The highest BCUT2D eigenvalue weighted by molar-refractivity contribution is 7.90. The molecule has 2 aliphatic rings. The van der Waals surface area contributed by atoms with Gasteiger partial charge >= 0.3 is 6.09 Å². The summed E-state index contributed by atoms with van der Waals surface area (Å²) in [5.74, 6) is -0.919. The van der Waals surface area contributed by atoms with E-state index in [1.165, 1.54) is 12.1 Å². The SMILES string of the molecule is CC(C)CCC1(C)C(=O)C(C2=NS(=O)(=O)c3cc(NN(C(=O)O)C(Cc4ccccc4)=S(=O)=O)ccc3N2)=C(O)c2ccccc21. The van der Waals surface area contributed by atoms with Crippen molar-refractivity contribution < 1.29 is 36.6 Å². The molecule has 1 amide bonds. The maximum Gasteiger partial charge on any atom is 0.431 e. The summed E-state index contributed by atoms with van der Waals surface area (Å²) in [6.07, 6.45) is -0.728. The predicted octanol–water partition coefficient (Wildman–Crippen LogP) is 5.00. The van der Waals surface area contributed by atoms with Crippen LogP contribution in [0.3, 0.4) is 0 Å². The summed E-state index contributed by atoms with van der Waals surface area (Å²) in [6, 6.07) is 19.1. The lowest BCUT2D eigenvalue weighted by Gasteiger charge is -2.36. The zero-order chi connectivity index (χ0) is 33.4. The number of nitrogens with one attached hydrogen (secondary N) is 2. The molecular weight excluding hydrogens is 633 g/mol. The van der Waals surface area contributed by atoms with Crippen LogP contribution in [0.2, 0.25) is 0 Å². The molecule has 0 saturated carbocycles. The van der Waals surface area contributed by atoms with Gasteiger partial charge in [0.05, 0.1) is 16.8 Å². The van der Waals surface area contributed by atoms with Crippen molar-refractivity contribution >= 4 is 60.2 Å². The number of benzene rings is 3. The van der Waals surface area contributed by atoms with E-state index >= 15 is 0 Å². The molecule has 0 aromatic heterocycles. The average molecular weight is 665 g/mol. The summed E-state index contributed by atoms with van der Waals surface area (Å²) in [7, 11) is -7.45. The Hall–Kier alpha value is -4.95. The summed E-state index contributed by atoms with van der Waals surface area (Å²) in [5, 5.41) is 24.4. The summed E-state index contributed by atoms with van der Waals surface area (Å²) in [6.45, 7) is 5.85. The molecule has 1 aliphatic carbocycles. The van der Waals surface area contributed by atoms with Gasteiger partial charge in [0, 0.05) is 12.0 Å². The molecule has 1 atom stereocenters. The van der Waals surface area contributed by atoms with Gasteiger partial charge in [-0.25, -0.2) is 4.79 Å². The molecule has 12 nitrogen and oxygen atoms in total. The van der Waals surface area contributed by atoms with Gasteiger partial charge < -0.3 is 15.5 Å². The molecule has 240 valence electrons. The Morgan fingerprint density at radius 1 is 1.07 bits per heavy atom. The predicted molar refractivity (Wildman–Crippen MR) is 175 cm³/mol. The third-order valence-corrected chi connectivity index (χ3v) is 10.0. The Morgan fingerprint density at radius 2 is 1.74 bits per heavy atom. The molecule has 1 heterocycles. The second-order valence-corrected chi connectivity index (χ2v) is 14.1. The quantitative estimate of drug-likeness (QED) is 0.189. The number of amides is 1. The van der Waals surface area contributed by atoms with Gasteiger partial charge in [0.15, 0.2) is 16.6 Å². The van der Waals surface area contributed by atoms with Gasteiger partial charge in [0.1, 0.15) is 16.2 Å².